The van der Waals surface area contributed by atoms with E-state index in [1.54, 1.807) is 12.4 Å². The van der Waals surface area contributed by atoms with Crippen molar-refractivity contribution in [1.82, 2.24) is 15.0 Å². The highest BCUT2D eigenvalue weighted by Crippen LogP contribution is 2.37. The molecule has 3 heterocycles. The minimum atomic E-state index is 0.0671. The van der Waals surface area contributed by atoms with Crippen molar-refractivity contribution in [2.24, 2.45) is 0 Å². The van der Waals surface area contributed by atoms with E-state index in [4.69, 9.17) is 9.97 Å². The van der Waals surface area contributed by atoms with Gasteiger partial charge >= 0.3 is 0 Å². The van der Waals surface area contributed by atoms with Crippen LogP contribution in [0.3, 0.4) is 0 Å². The molecule has 0 bridgehead atoms. The highest BCUT2D eigenvalue weighted by molar-refractivity contribution is 5.58. The van der Waals surface area contributed by atoms with Gasteiger partial charge < -0.3 is 10.0 Å². The van der Waals surface area contributed by atoms with E-state index in [9.17, 15) is 5.11 Å². The summed E-state index contributed by atoms with van der Waals surface area (Å²) in [5.74, 6) is 1.77. The number of nitrogens with zero attached hydrogens (tertiary/aromatic N) is 4. The molecule has 0 spiro atoms. The monoisotopic (exact) mass is 326 g/mol. The second-order valence-corrected chi connectivity index (χ2v) is 6.71. The first-order valence-electron chi connectivity index (χ1n) is 8.83. The van der Waals surface area contributed by atoms with E-state index >= 15 is 0 Å². The summed E-state index contributed by atoms with van der Waals surface area (Å²) < 4.78 is 0. The fraction of sp³-hybridized carbons (Fsp3) is 0.526. The third-order valence-corrected chi connectivity index (χ3v) is 4.97. The number of aromatic nitrogens is 3. The van der Waals surface area contributed by atoms with Gasteiger partial charge in [-0.15, -0.1) is 0 Å². The van der Waals surface area contributed by atoms with Gasteiger partial charge in [-0.3, -0.25) is 4.98 Å². The van der Waals surface area contributed by atoms with Crippen molar-refractivity contribution in [2.75, 3.05) is 18.1 Å². The molecular formula is C19H26N4O. The van der Waals surface area contributed by atoms with Gasteiger partial charge in [0.2, 0.25) is 0 Å². The molecule has 1 fully saturated rings. The predicted molar refractivity (Wildman–Crippen MR) is 95.9 cm³/mol. The van der Waals surface area contributed by atoms with Crippen molar-refractivity contribution in [2.45, 2.75) is 51.5 Å². The van der Waals surface area contributed by atoms with Crippen molar-refractivity contribution in [3.63, 3.8) is 0 Å². The fourth-order valence-corrected chi connectivity index (χ4v) is 3.57. The molecule has 1 unspecified atom stereocenters. The van der Waals surface area contributed by atoms with Gasteiger partial charge in [-0.25, -0.2) is 9.97 Å². The van der Waals surface area contributed by atoms with Crippen LogP contribution in [0.4, 0.5) is 5.82 Å². The van der Waals surface area contributed by atoms with Crippen LogP contribution in [0.5, 0.6) is 0 Å². The number of hydrogen-bond acceptors (Lipinski definition) is 5. The molecule has 128 valence electrons. The lowest BCUT2D eigenvalue weighted by Crippen LogP contribution is -2.42. The zero-order valence-electron chi connectivity index (χ0n) is 14.6. The molecule has 2 aromatic rings. The van der Waals surface area contributed by atoms with Crippen molar-refractivity contribution >= 4 is 5.82 Å². The quantitative estimate of drug-likeness (QED) is 0.883. The normalized spacial score (nSPS) is 20.5. The van der Waals surface area contributed by atoms with Gasteiger partial charge in [0, 0.05) is 48.4 Å². The van der Waals surface area contributed by atoms with E-state index in [1.165, 1.54) is 0 Å². The molecule has 0 aliphatic carbocycles. The average Bonchev–Trinajstić information content (AvgIpc) is 3.02. The van der Waals surface area contributed by atoms with Crippen molar-refractivity contribution in [3.8, 4) is 11.4 Å². The zero-order valence-corrected chi connectivity index (χ0v) is 14.6. The van der Waals surface area contributed by atoms with Crippen LogP contribution in [0.2, 0.25) is 0 Å². The van der Waals surface area contributed by atoms with Gasteiger partial charge in [0.15, 0.2) is 5.82 Å². The largest absolute Gasteiger partial charge is 0.396 e. The number of pyridine rings is 1. The number of aliphatic hydroxyl groups excluding tert-OH is 1. The molecule has 5 heteroatoms. The Balaban J connectivity index is 1.98. The first-order chi connectivity index (χ1) is 11.7. The maximum atomic E-state index is 9.22. The van der Waals surface area contributed by atoms with Gasteiger partial charge in [0.25, 0.3) is 0 Å². The highest BCUT2D eigenvalue weighted by atomic mass is 16.2. The maximum Gasteiger partial charge on any atom is 0.161 e. The molecule has 3 rings (SSSR count). The van der Waals surface area contributed by atoms with Crippen LogP contribution in [0.15, 0.2) is 30.6 Å². The molecule has 1 saturated heterocycles. The Labute approximate surface area is 143 Å². The fourth-order valence-electron chi connectivity index (χ4n) is 3.57. The van der Waals surface area contributed by atoms with Crippen LogP contribution in [-0.2, 0) is 6.42 Å². The topological polar surface area (TPSA) is 62.1 Å². The summed E-state index contributed by atoms with van der Waals surface area (Å²) in [6.07, 6.45) is 8.56. The van der Waals surface area contributed by atoms with Crippen LogP contribution in [0.25, 0.3) is 11.4 Å². The van der Waals surface area contributed by atoms with Gasteiger partial charge in [-0.1, -0.05) is 6.92 Å². The predicted octanol–water partition coefficient (Wildman–Crippen LogP) is 3.23. The summed E-state index contributed by atoms with van der Waals surface area (Å²) in [5, 5.41) is 9.22. The maximum absolute atomic E-state index is 9.22. The Morgan fingerprint density at radius 1 is 1.25 bits per heavy atom. The lowest BCUT2D eigenvalue weighted by molar-refractivity contribution is 0.265. The molecule has 2 aromatic heterocycles. The number of aryl methyl sites for hydroxylation is 1. The third-order valence-electron chi connectivity index (χ3n) is 4.97. The van der Waals surface area contributed by atoms with Gasteiger partial charge in [0.05, 0.1) is 0 Å². The Hall–Kier alpha value is -2.01. The molecule has 1 atom stereocenters. The molecule has 1 aliphatic heterocycles. The Bertz CT molecular complexity index is 676. The summed E-state index contributed by atoms with van der Waals surface area (Å²) in [7, 11) is 0. The summed E-state index contributed by atoms with van der Waals surface area (Å²) in [5.41, 5.74) is 2.12. The molecule has 1 N–H and O–H groups in total. The smallest absolute Gasteiger partial charge is 0.161 e. The number of aliphatic hydroxyl groups is 1. The summed E-state index contributed by atoms with van der Waals surface area (Å²) in [6, 6.07) is 6.02. The molecule has 0 radical (unpaired) electrons. The Morgan fingerprint density at radius 3 is 2.75 bits per heavy atom. The number of rotatable bonds is 6. The van der Waals surface area contributed by atoms with Crippen molar-refractivity contribution in [1.29, 1.82) is 0 Å². The van der Waals surface area contributed by atoms with Crippen molar-refractivity contribution < 1.29 is 5.11 Å². The van der Waals surface area contributed by atoms with Crippen LogP contribution >= 0.6 is 0 Å². The first-order valence-corrected chi connectivity index (χ1v) is 8.83. The second kappa shape index (κ2) is 7.26. The molecule has 0 saturated carbocycles. The third kappa shape index (κ3) is 3.41. The van der Waals surface area contributed by atoms with E-state index in [0.29, 0.717) is 0 Å². The first kappa shape index (κ1) is 16.8. The van der Waals surface area contributed by atoms with Gasteiger partial charge in [-0.05, 0) is 51.2 Å². The summed E-state index contributed by atoms with van der Waals surface area (Å²) in [4.78, 5) is 16.1. The zero-order chi connectivity index (χ0) is 17.0. The second-order valence-electron chi connectivity index (χ2n) is 6.71. The molecule has 1 aliphatic rings. The summed E-state index contributed by atoms with van der Waals surface area (Å²) >= 11 is 0. The van der Waals surface area contributed by atoms with Crippen LogP contribution in [-0.4, -0.2) is 38.7 Å². The highest BCUT2D eigenvalue weighted by Gasteiger charge is 2.37. The summed E-state index contributed by atoms with van der Waals surface area (Å²) in [6.45, 7) is 5.67. The van der Waals surface area contributed by atoms with E-state index in [-0.39, 0.29) is 12.1 Å². The minimum Gasteiger partial charge on any atom is -0.396 e. The Morgan fingerprint density at radius 2 is 2.04 bits per heavy atom. The molecule has 5 nitrogen and oxygen atoms in total. The standard InChI is InChI=1S/C19H26N4O/c1-3-16-14-17(22-18(21-16)15-6-10-20-11-7-15)23-12-4-8-19(23,2)9-5-13-24/h6-7,10-11,14,24H,3-5,8-9,12-13H2,1-2H3. The van der Waals surface area contributed by atoms with E-state index < -0.39 is 0 Å². The van der Waals surface area contributed by atoms with E-state index in [1.807, 2.05) is 12.1 Å². The van der Waals surface area contributed by atoms with Crippen LogP contribution < -0.4 is 4.90 Å². The SMILES string of the molecule is CCc1cc(N2CCCC2(C)CCCO)nc(-c2ccncc2)n1. The van der Waals surface area contributed by atoms with E-state index in [0.717, 1.165) is 61.5 Å². The van der Waals surface area contributed by atoms with Crippen LogP contribution in [0, 0.1) is 0 Å². The molecule has 24 heavy (non-hydrogen) atoms. The average molecular weight is 326 g/mol. The van der Waals surface area contributed by atoms with Crippen LogP contribution in [0.1, 0.15) is 45.2 Å². The van der Waals surface area contributed by atoms with Gasteiger partial charge in [-0.2, -0.15) is 0 Å². The molecular weight excluding hydrogens is 300 g/mol. The lowest BCUT2D eigenvalue weighted by Gasteiger charge is -2.36. The van der Waals surface area contributed by atoms with Crippen molar-refractivity contribution in [3.05, 3.63) is 36.3 Å². The number of anilines is 1. The van der Waals surface area contributed by atoms with Gasteiger partial charge in [0.1, 0.15) is 5.82 Å². The lowest BCUT2D eigenvalue weighted by atomic mass is 9.93. The van der Waals surface area contributed by atoms with E-state index in [2.05, 4.69) is 29.8 Å². The number of hydrogen-bond donors (Lipinski definition) is 1. The molecule has 0 aromatic carbocycles. The molecule has 0 amide bonds. The Kier molecular flexibility index (Phi) is 5.09. The minimum absolute atomic E-state index is 0.0671.